The molecule has 3 rings (SSSR count). The van der Waals surface area contributed by atoms with Crippen molar-refractivity contribution in [3.05, 3.63) is 46.8 Å². The number of amides is 1. The molecule has 1 atom stereocenters. The van der Waals surface area contributed by atoms with E-state index in [1.165, 1.54) is 5.56 Å². The molecule has 0 saturated carbocycles. The largest absolute Gasteiger partial charge is 0.360 e. The predicted octanol–water partition coefficient (Wildman–Crippen LogP) is 4.64. The smallest absolute Gasteiger partial charge is 0.278 e. The molecule has 1 N–H and O–H groups in total. The van der Waals surface area contributed by atoms with Crippen LogP contribution in [0.3, 0.4) is 0 Å². The summed E-state index contributed by atoms with van der Waals surface area (Å²) in [7, 11) is 0. The summed E-state index contributed by atoms with van der Waals surface area (Å²) in [6.45, 7) is 8.88. The number of carbonyl (C=O) groups is 1. The van der Waals surface area contributed by atoms with E-state index in [1.807, 2.05) is 24.3 Å². The third-order valence-corrected chi connectivity index (χ3v) is 5.10. The monoisotopic (exact) mass is 326 g/mol. The highest BCUT2D eigenvalue weighted by molar-refractivity contribution is 6.03. The van der Waals surface area contributed by atoms with Crippen LogP contribution in [0.5, 0.6) is 0 Å². The van der Waals surface area contributed by atoms with Gasteiger partial charge in [-0.3, -0.25) is 4.79 Å². The molecule has 2 aromatic rings. The summed E-state index contributed by atoms with van der Waals surface area (Å²) in [5.41, 5.74) is 3.69. The molecule has 0 saturated heterocycles. The first-order chi connectivity index (χ1) is 11.4. The van der Waals surface area contributed by atoms with Crippen LogP contribution in [-0.4, -0.2) is 11.1 Å². The number of nitrogens with one attached hydrogen (secondary N) is 1. The number of fused-ring (bicyclic) bond motifs is 1. The number of carbonyl (C=O) groups excluding carboxylic acids is 1. The first-order valence-corrected chi connectivity index (χ1v) is 8.76. The highest BCUT2D eigenvalue weighted by atomic mass is 16.5. The summed E-state index contributed by atoms with van der Waals surface area (Å²) in [6, 6.07) is 7.93. The molecule has 1 aliphatic rings. The maximum Gasteiger partial charge on any atom is 0.278 e. The van der Waals surface area contributed by atoms with Gasteiger partial charge in [0.1, 0.15) is 5.76 Å². The Kier molecular flexibility index (Phi) is 4.48. The summed E-state index contributed by atoms with van der Waals surface area (Å²) in [5.74, 6) is 1.24. The van der Waals surface area contributed by atoms with Crippen molar-refractivity contribution >= 4 is 11.6 Å². The van der Waals surface area contributed by atoms with Gasteiger partial charge in [-0.15, -0.1) is 0 Å². The SMILES string of the molecule is CCc1ccc(NC(=O)c2noc3c2CC(C(C)(C)C)CC3)cc1. The van der Waals surface area contributed by atoms with E-state index in [0.717, 1.165) is 42.7 Å². The molecule has 4 heteroatoms. The predicted molar refractivity (Wildman–Crippen MR) is 95.2 cm³/mol. The van der Waals surface area contributed by atoms with Gasteiger partial charge in [0.2, 0.25) is 0 Å². The number of nitrogens with zero attached hydrogens (tertiary/aromatic N) is 1. The Labute approximate surface area is 143 Å². The van der Waals surface area contributed by atoms with Crippen LogP contribution in [0.15, 0.2) is 28.8 Å². The van der Waals surface area contributed by atoms with E-state index in [0.29, 0.717) is 11.6 Å². The molecule has 0 bridgehead atoms. The molecule has 1 heterocycles. The maximum absolute atomic E-state index is 12.6. The van der Waals surface area contributed by atoms with Gasteiger partial charge in [0.25, 0.3) is 5.91 Å². The maximum atomic E-state index is 12.6. The Morgan fingerprint density at radius 3 is 2.62 bits per heavy atom. The average Bonchev–Trinajstić information content (AvgIpc) is 2.98. The van der Waals surface area contributed by atoms with Crippen molar-refractivity contribution in [2.75, 3.05) is 5.32 Å². The Morgan fingerprint density at radius 1 is 1.29 bits per heavy atom. The van der Waals surface area contributed by atoms with E-state index in [1.54, 1.807) is 0 Å². The van der Waals surface area contributed by atoms with Crippen molar-refractivity contribution in [1.29, 1.82) is 0 Å². The summed E-state index contributed by atoms with van der Waals surface area (Å²) in [5, 5.41) is 6.99. The third-order valence-electron chi connectivity index (χ3n) is 5.10. The Balaban J connectivity index is 1.78. The summed E-state index contributed by atoms with van der Waals surface area (Å²) in [6.07, 6.45) is 3.80. The fourth-order valence-corrected chi connectivity index (χ4v) is 3.34. The molecule has 0 fully saturated rings. The standard InChI is InChI=1S/C20H26N2O2/c1-5-13-6-9-15(10-7-13)21-19(23)18-16-12-14(20(2,3)4)8-11-17(16)24-22-18/h6-7,9-10,14H,5,8,11-12H2,1-4H3,(H,21,23). The highest BCUT2D eigenvalue weighted by Crippen LogP contribution is 2.38. The summed E-state index contributed by atoms with van der Waals surface area (Å²) in [4.78, 5) is 12.6. The van der Waals surface area contributed by atoms with Gasteiger partial charge < -0.3 is 9.84 Å². The first-order valence-electron chi connectivity index (χ1n) is 8.76. The molecule has 1 aromatic heterocycles. The van der Waals surface area contributed by atoms with Gasteiger partial charge in [0.05, 0.1) is 0 Å². The summed E-state index contributed by atoms with van der Waals surface area (Å²) < 4.78 is 5.43. The van der Waals surface area contributed by atoms with Crippen LogP contribution >= 0.6 is 0 Å². The van der Waals surface area contributed by atoms with Crippen molar-refractivity contribution in [3.8, 4) is 0 Å². The fraction of sp³-hybridized carbons (Fsp3) is 0.500. The molecule has 0 radical (unpaired) electrons. The number of rotatable bonds is 3. The zero-order valence-corrected chi connectivity index (χ0v) is 15.0. The van der Waals surface area contributed by atoms with E-state index >= 15 is 0 Å². The highest BCUT2D eigenvalue weighted by Gasteiger charge is 2.34. The molecule has 0 spiro atoms. The van der Waals surface area contributed by atoms with E-state index < -0.39 is 0 Å². The van der Waals surface area contributed by atoms with Crippen molar-refractivity contribution < 1.29 is 9.32 Å². The second kappa shape index (κ2) is 6.42. The van der Waals surface area contributed by atoms with Crippen molar-refractivity contribution in [3.63, 3.8) is 0 Å². The lowest BCUT2D eigenvalue weighted by Crippen LogP contribution is -2.27. The zero-order chi connectivity index (χ0) is 17.3. The molecule has 4 nitrogen and oxygen atoms in total. The average molecular weight is 326 g/mol. The molecule has 128 valence electrons. The molecule has 1 unspecified atom stereocenters. The van der Waals surface area contributed by atoms with Gasteiger partial charge in [0.15, 0.2) is 5.69 Å². The van der Waals surface area contributed by atoms with Gasteiger partial charge in [-0.1, -0.05) is 45.0 Å². The Bertz CT molecular complexity index is 723. The van der Waals surface area contributed by atoms with Crippen LogP contribution in [0, 0.1) is 11.3 Å². The van der Waals surface area contributed by atoms with E-state index in [4.69, 9.17) is 4.52 Å². The summed E-state index contributed by atoms with van der Waals surface area (Å²) >= 11 is 0. The fourth-order valence-electron chi connectivity index (χ4n) is 3.34. The topological polar surface area (TPSA) is 55.1 Å². The van der Waals surface area contributed by atoms with Crippen LogP contribution in [0.1, 0.15) is 61.5 Å². The van der Waals surface area contributed by atoms with Gasteiger partial charge in [-0.2, -0.15) is 0 Å². The number of hydrogen-bond donors (Lipinski definition) is 1. The van der Waals surface area contributed by atoms with Crippen LogP contribution in [0.2, 0.25) is 0 Å². The number of anilines is 1. The van der Waals surface area contributed by atoms with Crippen LogP contribution in [0.25, 0.3) is 0 Å². The molecule has 0 aliphatic heterocycles. The second-order valence-corrected chi connectivity index (χ2v) is 7.74. The Morgan fingerprint density at radius 2 is 2.00 bits per heavy atom. The molecule has 24 heavy (non-hydrogen) atoms. The van der Waals surface area contributed by atoms with E-state index in [2.05, 4.69) is 38.2 Å². The number of hydrogen-bond acceptors (Lipinski definition) is 3. The molecule has 1 amide bonds. The normalized spacial score (nSPS) is 17.4. The van der Waals surface area contributed by atoms with Gasteiger partial charge in [0, 0.05) is 17.7 Å². The minimum Gasteiger partial charge on any atom is -0.360 e. The third kappa shape index (κ3) is 3.37. The number of benzene rings is 1. The number of aromatic nitrogens is 1. The van der Waals surface area contributed by atoms with Gasteiger partial charge in [-0.25, -0.2) is 0 Å². The molecule has 1 aromatic carbocycles. The number of aryl methyl sites for hydroxylation is 2. The van der Waals surface area contributed by atoms with Crippen molar-refractivity contribution in [2.45, 2.75) is 53.4 Å². The van der Waals surface area contributed by atoms with E-state index in [9.17, 15) is 4.79 Å². The minimum atomic E-state index is -0.182. The van der Waals surface area contributed by atoms with Crippen LogP contribution < -0.4 is 5.32 Å². The Hall–Kier alpha value is -2.10. The lowest BCUT2D eigenvalue weighted by Gasteiger charge is -2.33. The van der Waals surface area contributed by atoms with Crippen LogP contribution in [-0.2, 0) is 19.3 Å². The zero-order valence-electron chi connectivity index (χ0n) is 15.0. The minimum absolute atomic E-state index is 0.182. The van der Waals surface area contributed by atoms with E-state index in [-0.39, 0.29) is 11.3 Å². The van der Waals surface area contributed by atoms with Gasteiger partial charge in [-0.05, 0) is 48.3 Å². The molecule has 1 aliphatic carbocycles. The first kappa shape index (κ1) is 16.7. The lowest BCUT2D eigenvalue weighted by molar-refractivity contribution is 0.101. The molecular formula is C20H26N2O2. The quantitative estimate of drug-likeness (QED) is 0.894. The van der Waals surface area contributed by atoms with Crippen molar-refractivity contribution in [2.24, 2.45) is 11.3 Å². The van der Waals surface area contributed by atoms with Crippen molar-refractivity contribution in [1.82, 2.24) is 5.16 Å². The molecular weight excluding hydrogens is 300 g/mol. The van der Waals surface area contributed by atoms with Gasteiger partial charge >= 0.3 is 0 Å². The van der Waals surface area contributed by atoms with Crippen LogP contribution in [0.4, 0.5) is 5.69 Å². The lowest BCUT2D eigenvalue weighted by atomic mass is 9.71. The second-order valence-electron chi connectivity index (χ2n) is 7.74.